The van der Waals surface area contributed by atoms with E-state index in [-0.39, 0.29) is 17.9 Å². The predicted molar refractivity (Wildman–Crippen MR) is 73.4 cm³/mol. The van der Waals surface area contributed by atoms with Gasteiger partial charge in [-0.3, -0.25) is 4.79 Å². The van der Waals surface area contributed by atoms with Crippen LogP contribution in [-0.4, -0.2) is 29.9 Å². The van der Waals surface area contributed by atoms with Gasteiger partial charge >= 0.3 is 6.03 Å². The molecule has 5 N–H and O–H groups in total. The molecule has 1 fully saturated rings. The van der Waals surface area contributed by atoms with Crippen LogP contribution >= 0.6 is 0 Å². The minimum Gasteiger partial charge on any atom is -0.399 e. The van der Waals surface area contributed by atoms with Gasteiger partial charge in [0.1, 0.15) is 0 Å². The molecule has 0 aliphatic carbocycles. The summed E-state index contributed by atoms with van der Waals surface area (Å²) >= 11 is 0. The predicted octanol–water partition coefficient (Wildman–Crippen LogP) is 0.998. The number of anilines is 2. The summed E-state index contributed by atoms with van der Waals surface area (Å²) in [5, 5.41) is 2.78. The number of nitrogens with one attached hydrogen (secondary N) is 1. The molecule has 1 atom stereocenters. The van der Waals surface area contributed by atoms with E-state index in [9.17, 15) is 9.59 Å². The summed E-state index contributed by atoms with van der Waals surface area (Å²) in [4.78, 5) is 24.8. The molecule has 1 unspecified atom stereocenters. The van der Waals surface area contributed by atoms with Gasteiger partial charge in [0.25, 0.3) is 0 Å². The minimum atomic E-state index is -0.343. The van der Waals surface area contributed by atoms with Crippen LogP contribution in [-0.2, 0) is 4.79 Å². The van der Waals surface area contributed by atoms with E-state index in [0.717, 1.165) is 12.8 Å². The quantitative estimate of drug-likeness (QED) is 0.693. The third-order valence-electron chi connectivity index (χ3n) is 3.27. The molecule has 1 aromatic rings. The highest BCUT2D eigenvalue weighted by Crippen LogP contribution is 2.18. The van der Waals surface area contributed by atoms with E-state index in [1.807, 2.05) is 0 Å². The summed E-state index contributed by atoms with van der Waals surface area (Å²) in [6, 6.07) is 6.71. The summed E-state index contributed by atoms with van der Waals surface area (Å²) in [6.45, 7) is 1.03. The molecule has 1 aliphatic heterocycles. The van der Waals surface area contributed by atoms with Crippen molar-refractivity contribution >= 4 is 23.3 Å². The standard InChI is InChI=1S/C13H18N4O2/c14-10-3-5-11(6-4-10)16-13(19)17-7-1-2-9(8-17)12(15)18/h3-6,9H,1-2,7-8,14H2,(H2,15,18)(H,16,19). The lowest BCUT2D eigenvalue weighted by Gasteiger charge is -2.31. The fraction of sp³-hybridized carbons (Fsp3) is 0.385. The van der Waals surface area contributed by atoms with Crippen molar-refractivity contribution in [1.82, 2.24) is 4.90 Å². The molecule has 1 aromatic carbocycles. The van der Waals surface area contributed by atoms with Crippen molar-refractivity contribution in [3.05, 3.63) is 24.3 Å². The third kappa shape index (κ3) is 3.37. The first-order chi connectivity index (χ1) is 9.06. The fourth-order valence-electron chi connectivity index (χ4n) is 2.16. The highest BCUT2D eigenvalue weighted by atomic mass is 16.2. The van der Waals surface area contributed by atoms with E-state index in [2.05, 4.69) is 5.32 Å². The number of carbonyl (C=O) groups excluding carboxylic acids is 2. The lowest BCUT2D eigenvalue weighted by molar-refractivity contribution is -0.123. The number of benzene rings is 1. The monoisotopic (exact) mass is 262 g/mol. The lowest BCUT2D eigenvalue weighted by atomic mass is 9.98. The van der Waals surface area contributed by atoms with Gasteiger partial charge < -0.3 is 21.7 Å². The zero-order valence-electron chi connectivity index (χ0n) is 10.6. The van der Waals surface area contributed by atoms with Gasteiger partial charge in [-0.25, -0.2) is 4.79 Å². The molecule has 0 saturated carbocycles. The Kier molecular flexibility index (Phi) is 3.89. The second-order valence-electron chi connectivity index (χ2n) is 4.74. The van der Waals surface area contributed by atoms with E-state index in [1.54, 1.807) is 29.2 Å². The molecule has 102 valence electrons. The number of rotatable bonds is 2. The van der Waals surface area contributed by atoms with Gasteiger partial charge in [-0.1, -0.05) is 0 Å². The number of piperidine rings is 1. The van der Waals surface area contributed by atoms with Crippen molar-refractivity contribution in [2.45, 2.75) is 12.8 Å². The number of nitrogen functional groups attached to an aromatic ring is 1. The zero-order valence-corrected chi connectivity index (χ0v) is 10.6. The highest BCUT2D eigenvalue weighted by molar-refractivity contribution is 5.90. The van der Waals surface area contributed by atoms with Crippen LogP contribution in [0.4, 0.5) is 16.2 Å². The number of primary amides is 1. The van der Waals surface area contributed by atoms with E-state index < -0.39 is 0 Å². The fourth-order valence-corrected chi connectivity index (χ4v) is 2.16. The van der Waals surface area contributed by atoms with Crippen LogP contribution in [0.5, 0.6) is 0 Å². The molecular formula is C13H18N4O2. The van der Waals surface area contributed by atoms with Gasteiger partial charge in [0, 0.05) is 24.5 Å². The first-order valence-corrected chi connectivity index (χ1v) is 6.27. The molecule has 3 amide bonds. The molecule has 6 nitrogen and oxygen atoms in total. The molecule has 0 bridgehead atoms. The van der Waals surface area contributed by atoms with Gasteiger partial charge in [0.05, 0.1) is 5.92 Å². The number of likely N-dealkylation sites (tertiary alicyclic amines) is 1. The van der Waals surface area contributed by atoms with Crippen LogP contribution in [0, 0.1) is 5.92 Å². The topological polar surface area (TPSA) is 101 Å². The first-order valence-electron chi connectivity index (χ1n) is 6.27. The van der Waals surface area contributed by atoms with E-state index in [1.165, 1.54) is 0 Å². The number of hydrogen-bond donors (Lipinski definition) is 3. The van der Waals surface area contributed by atoms with Crippen LogP contribution in [0.15, 0.2) is 24.3 Å². The number of hydrogen-bond acceptors (Lipinski definition) is 3. The van der Waals surface area contributed by atoms with Crippen LogP contribution in [0.1, 0.15) is 12.8 Å². The molecular weight excluding hydrogens is 244 g/mol. The second-order valence-corrected chi connectivity index (χ2v) is 4.74. The lowest BCUT2D eigenvalue weighted by Crippen LogP contribution is -2.45. The number of amides is 3. The molecule has 2 rings (SSSR count). The van der Waals surface area contributed by atoms with E-state index >= 15 is 0 Å². The van der Waals surface area contributed by atoms with Gasteiger partial charge in [-0.15, -0.1) is 0 Å². The second kappa shape index (κ2) is 5.60. The van der Waals surface area contributed by atoms with Crippen LogP contribution in [0.3, 0.4) is 0 Å². The maximum atomic E-state index is 12.1. The highest BCUT2D eigenvalue weighted by Gasteiger charge is 2.26. The number of carbonyl (C=O) groups is 2. The maximum Gasteiger partial charge on any atom is 0.321 e. The third-order valence-corrected chi connectivity index (χ3v) is 3.27. The largest absolute Gasteiger partial charge is 0.399 e. The van der Waals surface area contributed by atoms with Gasteiger partial charge in [0.15, 0.2) is 0 Å². The summed E-state index contributed by atoms with van der Waals surface area (Å²) in [6.07, 6.45) is 1.55. The van der Waals surface area contributed by atoms with Crippen LogP contribution < -0.4 is 16.8 Å². The maximum absolute atomic E-state index is 12.1. The van der Waals surface area contributed by atoms with Gasteiger partial charge in [-0.2, -0.15) is 0 Å². The Hall–Kier alpha value is -2.24. The zero-order chi connectivity index (χ0) is 13.8. The molecule has 6 heteroatoms. The Bertz CT molecular complexity index is 472. The summed E-state index contributed by atoms with van der Waals surface area (Å²) in [5.41, 5.74) is 12.2. The van der Waals surface area contributed by atoms with Crippen LogP contribution in [0.2, 0.25) is 0 Å². The number of nitrogens with zero attached hydrogens (tertiary/aromatic N) is 1. The summed E-state index contributed by atoms with van der Waals surface area (Å²) in [5.74, 6) is -0.587. The van der Waals surface area contributed by atoms with Gasteiger partial charge in [0.2, 0.25) is 5.91 Å². The van der Waals surface area contributed by atoms with Crippen molar-refractivity contribution in [2.75, 3.05) is 24.1 Å². The average Bonchev–Trinajstić information content (AvgIpc) is 2.41. The summed E-state index contributed by atoms with van der Waals surface area (Å²) < 4.78 is 0. The SMILES string of the molecule is NC(=O)C1CCCN(C(=O)Nc2ccc(N)cc2)C1. The van der Waals surface area contributed by atoms with Crippen molar-refractivity contribution in [1.29, 1.82) is 0 Å². The number of nitrogens with two attached hydrogens (primary N) is 2. The Morgan fingerprint density at radius 1 is 1.26 bits per heavy atom. The first kappa shape index (κ1) is 13.2. The molecule has 19 heavy (non-hydrogen) atoms. The average molecular weight is 262 g/mol. The Morgan fingerprint density at radius 2 is 1.95 bits per heavy atom. The van der Waals surface area contributed by atoms with Crippen molar-refractivity contribution in [2.24, 2.45) is 11.7 Å². The molecule has 1 heterocycles. The normalized spacial score (nSPS) is 18.9. The molecule has 1 saturated heterocycles. The van der Waals surface area contributed by atoms with Gasteiger partial charge in [-0.05, 0) is 37.1 Å². The molecule has 0 spiro atoms. The molecule has 1 aliphatic rings. The number of urea groups is 1. The Balaban J connectivity index is 1.96. The van der Waals surface area contributed by atoms with E-state index in [0.29, 0.717) is 24.5 Å². The van der Waals surface area contributed by atoms with E-state index in [4.69, 9.17) is 11.5 Å². The van der Waals surface area contributed by atoms with Crippen molar-refractivity contribution < 1.29 is 9.59 Å². The smallest absolute Gasteiger partial charge is 0.321 e. The Morgan fingerprint density at radius 3 is 2.58 bits per heavy atom. The molecule has 0 aromatic heterocycles. The van der Waals surface area contributed by atoms with Crippen molar-refractivity contribution in [3.8, 4) is 0 Å². The summed E-state index contributed by atoms with van der Waals surface area (Å²) in [7, 11) is 0. The van der Waals surface area contributed by atoms with Crippen molar-refractivity contribution in [3.63, 3.8) is 0 Å². The van der Waals surface area contributed by atoms with Crippen LogP contribution in [0.25, 0.3) is 0 Å². The molecule has 0 radical (unpaired) electrons. The minimum absolute atomic E-state index is 0.212. The Labute approximate surface area is 111 Å².